The first-order chi connectivity index (χ1) is 12.7. The van der Waals surface area contributed by atoms with Crippen molar-refractivity contribution in [1.82, 2.24) is 14.8 Å². The van der Waals surface area contributed by atoms with Crippen LogP contribution in [0.15, 0.2) is 10.9 Å². The van der Waals surface area contributed by atoms with E-state index in [1.165, 1.54) is 0 Å². The molecule has 2 aromatic rings. The average Bonchev–Trinajstić information content (AvgIpc) is 3.04. The van der Waals surface area contributed by atoms with Gasteiger partial charge in [0.2, 0.25) is 0 Å². The van der Waals surface area contributed by atoms with E-state index < -0.39 is 21.7 Å². The number of ether oxygens (including phenoxy) is 1. The lowest BCUT2D eigenvalue weighted by Gasteiger charge is -2.24. The number of nitrogens with one attached hydrogen (secondary N) is 1. The van der Waals surface area contributed by atoms with Crippen LogP contribution in [0.3, 0.4) is 0 Å². The van der Waals surface area contributed by atoms with Crippen LogP contribution in [0.5, 0.6) is 5.75 Å². The molecule has 1 N–H and O–H groups in total. The maximum Gasteiger partial charge on any atom is 0.312 e. The zero-order valence-electron chi connectivity index (χ0n) is 15.4. The highest BCUT2D eigenvalue weighted by Gasteiger charge is 2.37. The second-order valence-electron chi connectivity index (χ2n) is 7.38. The SMILES string of the molecule is Cc1cc2c(c(=O)[nH]1)[C@H](c1c(C)nn([C@@H]3CCS(=O)(=O)C3)c1C)CC(=O)O2. The second-order valence-corrected chi connectivity index (χ2v) is 9.60. The highest BCUT2D eigenvalue weighted by atomic mass is 32.2. The number of sulfone groups is 1. The van der Waals surface area contributed by atoms with E-state index in [4.69, 9.17) is 4.74 Å². The number of aromatic nitrogens is 3. The number of hydrogen-bond donors (Lipinski definition) is 1. The van der Waals surface area contributed by atoms with Crippen molar-refractivity contribution in [3.63, 3.8) is 0 Å². The average molecular weight is 391 g/mol. The van der Waals surface area contributed by atoms with E-state index in [0.29, 0.717) is 23.4 Å². The normalized spacial score (nSPS) is 23.9. The number of aromatic amines is 1. The fourth-order valence-corrected chi connectivity index (χ4v) is 5.96. The van der Waals surface area contributed by atoms with Gasteiger partial charge < -0.3 is 9.72 Å². The summed E-state index contributed by atoms with van der Waals surface area (Å²) in [5, 5.41) is 4.57. The summed E-state index contributed by atoms with van der Waals surface area (Å²) in [6, 6.07) is 1.44. The lowest BCUT2D eigenvalue weighted by molar-refractivity contribution is -0.135. The summed E-state index contributed by atoms with van der Waals surface area (Å²) in [7, 11) is -3.05. The van der Waals surface area contributed by atoms with E-state index >= 15 is 0 Å². The van der Waals surface area contributed by atoms with Gasteiger partial charge in [0.1, 0.15) is 5.75 Å². The van der Waals surface area contributed by atoms with Crippen LogP contribution in [-0.4, -0.2) is 40.7 Å². The number of carbonyl (C=O) groups is 1. The minimum absolute atomic E-state index is 0.0511. The second kappa shape index (κ2) is 6.05. The van der Waals surface area contributed by atoms with E-state index in [0.717, 1.165) is 11.3 Å². The third-order valence-corrected chi connectivity index (χ3v) is 7.15. The van der Waals surface area contributed by atoms with Crippen molar-refractivity contribution in [3.05, 3.63) is 44.6 Å². The molecule has 0 aliphatic carbocycles. The van der Waals surface area contributed by atoms with Crippen molar-refractivity contribution in [1.29, 1.82) is 0 Å². The standard InChI is InChI=1S/C18H21N3O5S/c1-9-6-14-17(18(23)19-9)13(7-15(22)26-14)16-10(2)20-21(11(16)3)12-4-5-27(24,25)8-12/h6,12-13H,4-5,7-8H2,1-3H3,(H,19,23)/t12-,13+/m1/s1. The minimum Gasteiger partial charge on any atom is -0.426 e. The Morgan fingerprint density at radius 3 is 2.63 bits per heavy atom. The van der Waals surface area contributed by atoms with E-state index in [-0.39, 0.29) is 35.3 Å². The molecule has 2 atom stereocenters. The van der Waals surface area contributed by atoms with E-state index in [1.807, 2.05) is 13.8 Å². The summed E-state index contributed by atoms with van der Waals surface area (Å²) in [6.07, 6.45) is 0.572. The molecule has 0 unspecified atom stereocenters. The van der Waals surface area contributed by atoms with Crippen molar-refractivity contribution >= 4 is 15.8 Å². The van der Waals surface area contributed by atoms with Crippen molar-refractivity contribution in [2.24, 2.45) is 0 Å². The van der Waals surface area contributed by atoms with Crippen molar-refractivity contribution in [2.75, 3.05) is 11.5 Å². The number of rotatable bonds is 2. The summed E-state index contributed by atoms with van der Waals surface area (Å²) in [6.45, 7) is 5.42. The molecule has 2 aliphatic rings. The summed E-state index contributed by atoms with van der Waals surface area (Å²) >= 11 is 0. The van der Waals surface area contributed by atoms with E-state index in [2.05, 4.69) is 10.1 Å². The lowest BCUT2D eigenvalue weighted by atomic mass is 9.85. The van der Waals surface area contributed by atoms with Crippen molar-refractivity contribution < 1.29 is 17.9 Å². The molecule has 0 bridgehead atoms. The molecule has 2 aromatic heterocycles. The maximum atomic E-state index is 12.6. The first-order valence-electron chi connectivity index (χ1n) is 8.87. The number of nitrogens with zero attached hydrogens (tertiary/aromatic N) is 2. The summed E-state index contributed by atoms with van der Waals surface area (Å²) < 4.78 is 30.7. The van der Waals surface area contributed by atoms with Gasteiger partial charge in [0.25, 0.3) is 5.56 Å². The van der Waals surface area contributed by atoms with Crippen molar-refractivity contribution in [3.8, 4) is 5.75 Å². The van der Waals surface area contributed by atoms with Gasteiger partial charge in [0, 0.05) is 28.9 Å². The van der Waals surface area contributed by atoms with Gasteiger partial charge in [-0.25, -0.2) is 8.42 Å². The van der Waals surface area contributed by atoms with E-state index in [1.54, 1.807) is 17.7 Å². The Morgan fingerprint density at radius 2 is 1.96 bits per heavy atom. The monoisotopic (exact) mass is 391 g/mol. The highest BCUT2D eigenvalue weighted by molar-refractivity contribution is 7.91. The molecule has 0 aromatic carbocycles. The number of H-pyrrole nitrogens is 1. The Balaban J connectivity index is 1.84. The Bertz CT molecular complexity index is 1110. The summed E-state index contributed by atoms with van der Waals surface area (Å²) in [4.78, 5) is 27.5. The Hall–Kier alpha value is -2.42. The zero-order valence-corrected chi connectivity index (χ0v) is 16.2. The molecule has 4 heterocycles. The predicted octanol–water partition coefficient (Wildman–Crippen LogP) is 1.30. The van der Waals surface area contributed by atoms with Crippen LogP contribution in [0.4, 0.5) is 0 Å². The molecule has 9 heteroatoms. The Labute approximate surface area is 156 Å². The molecule has 0 amide bonds. The van der Waals surface area contributed by atoms with Crippen molar-refractivity contribution in [2.45, 2.75) is 45.6 Å². The molecule has 0 saturated carbocycles. The smallest absolute Gasteiger partial charge is 0.312 e. The van der Waals surface area contributed by atoms with Crippen LogP contribution in [0.25, 0.3) is 0 Å². The lowest BCUT2D eigenvalue weighted by Crippen LogP contribution is -2.29. The first kappa shape index (κ1) is 18.0. The quantitative estimate of drug-likeness (QED) is 0.773. The maximum absolute atomic E-state index is 12.6. The van der Waals surface area contributed by atoms with E-state index in [9.17, 15) is 18.0 Å². The van der Waals surface area contributed by atoms with Gasteiger partial charge in [-0.2, -0.15) is 5.10 Å². The molecule has 2 aliphatic heterocycles. The fraction of sp³-hybridized carbons (Fsp3) is 0.500. The molecule has 27 heavy (non-hydrogen) atoms. The number of hydrogen-bond acceptors (Lipinski definition) is 6. The topological polar surface area (TPSA) is 111 Å². The van der Waals surface area contributed by atoms with Crippen LogP contribution in [0.1, 0.15) is 53.0 Å². The first-order valence-corrected chi connectivity index (χ1v) is 10.7. The number of carbonyl (C=O) groups excluding carboxylic acids is 1. The summed E-state index contributed by atoms with van der Waals surface area (Å²) in [5.41, 5.74) is 3.05. The van der Waals surface area contributed by atoms with Crippen LogP contribution in [-0.2, 0) is 14.6 Å². The van der Waals surface area contributed by atoms with Gasteiger partial charge in [-0.05, 0) is 27.2 Å². The van der Waals surface area contributed by atoms with Crippen LogP contribution in [0.2, 0.25) is 0 Å². The third kappa shape index (κ3) is 2.99. The van der Waals surface area contributed by atoms with Gasteiger partial charge in [-0.15, -0.1) is 0 Å². The fourth-order valence-electron chi connectivity index (χ4n) is 4.27. The van der Waals surface area contributed by atoms with Gasteiger partial charge >= 0.3 is 5.97 Å². The molecular weight excluding hydrogens is 370 g/mol. The van der Waals surface area contributed by atoms with Gasteiger partial charge in [-0.3, -0.25) is 14.3 Å². The van der Waals surface area contributed by atoms with Gasteiger partial charge in [0.05, 0.1) is 35.2 Å². The number of aryl methyl sites for hydroxylation is 2. The third-order valence-electron chi connectivity index (χ3n) is 5.40. The highest BCUT2D eigenvalue weighted by Crippen LogP contribution is 2.40. The van der Waals surface area contributed by atoms with Gasteiger partial charge in [0.15, 0.2) is 9.84 Å². The summed E-state index contributed by atoms with van der Waals surface area (Å²) in [5.74, 6) is -0.349. The van der Waals surface area contributed by atoms with Gasteiger partial charge in [-0.1, -0.05) is 0 Å². The number of esters is 1. The molecule has 1 saturated heterocycles. The minimum atomic E-state index is -3.05. The predicted molar refractivity (Wildman–Crippen MR) is 97.9 cm³/mol. The van der Waals surface area contributed by atoms with Crippen LogP contribution >= 0.6 is 0 Å². The molecule has 4 rings (SSSR count). The molecule has 8 nitrogen and oxygen atoms in total. The Kier molecular flexibility index (Phi) is 4.03. The number of pyridine rings is 1. The molecule has 144 valence electrons. The molecule has 0 spiro atoms. The largest absolute Gasteiger partial charge is 0.426 e. The molecule has 1 fully saturated rings. The molecular formula is C18H21N3O5S. The van der Waals surface area contributed by atoms with Crippen LogP contribution < -0.4 is 10.3 Å². The Morgan fingerprint density at radius 1 is 1.22 bits per heavy atom. The molecule has 0 radical (unpaired) electrons. The zero-order chi connectivity index (χ0) is 19.5. The van der Waals surface area contributed by atoms with Crippen LogP contribution in [0, 0.1) is 20.8 Å². The number of fused-ring (bicyclic) bond motifs is 1.